The highest BCUT2D eigenvalue weighted by Gasteiger charge is 2.32. The van der Waals surface area contributed by atoms with Gasteiger partial charge in [-0.05, 0) is 31.2 Å². The average Bonchev–Trinajstić information content (AvgIpc) is 3.26. The van der Waals surface area contributed by atoms with E-state index in [1.807, 2.05) is 0 Å². The molecule has 1 aromatic carbocycles. The summed E-state index contributed by atoms with van der Waals surface area (Å²) in [6.07, 6.45) is 1.14. The molecule has 8 nitrogen and oxygen atoms in total. The van der Waals surface area contributed by atoms with Crippen LogP contribution in [0.3, 0.4) is 0 Å². The maximum Gasteiger partial charge on any atom is 0.307 e. The molecule has 29 heavy (non-hydrogen) atoms. The molecule has 1 fully saturated rings. The van der Waals surface area contributed by atoms with E-state index < -0.39 is 22.1 Å². The number of esters is 1. The first-order chi connectivity index (χ1) is 13.9. The lowest BCUT2D eigenvalue weighted by Gasteiger charge is -2.35. The van der Waals surface area contributed by atoms with Crippen molar-refractivity contribution in [3.05, 3.63) is 54.5 Å². The van der Waals surface area contributed by atoms with Gasteiger partial charge in [-0.25, -0.2) is 8.42 Å². The Kier molecular flexibility index (Phi) is 6.71. The van der Waals surface area contributed by atoms with E-state index >= 15 is 0 Å². The van der Waals surface area contributed by atoms with Crippen LogP contribution in [0.4, 0.5) is 0 Å². The Morgan fingerprint density at radius 1 is 1.07 bits per heavy atom. The molecule has 2 heterocycles. The molecule has 0 aliphatic carbocycles. The maximum atomic E-state index is 12.7. The van der Waals surface area contributed by atoms with Crippen LogP contribution in [0.2, 0.25) is 0 Å². The van der Waals surface area contributed by atoms with E-state index in [9.17, 15) is 18.0 Å². The number of nitrogens with zero attached hydrogens (tertiary/aromatic N) is 2. The zero-order valence-electron chi connectivity index (χ0n) is 16.2. The Bertz CT molecular complexity index is 919. The van der Waals surface area contributed by atoms with E-state index in [4.69, 9.17) is 9.15 Å². The summed E-state index contributed by atoms with van der Waals surface area (Å²) in [5, 5.41) is 0. The van der Waals surface area contributed by atoms with Crippen molar-refractivity contribution in [2.75, 3.05) is 26.2 Å². The summed E-state index contributed by atoms with van der Waals surface area (Å²) in [6.45, 7) is 2.42. The predicted octanol–water partition coefficient (Wildman–Crippen LogP) is 1.68. The smallest absolute Gasteiger partial charge is 0.307 e. The Balaban J connectivity index is 1.48. The second kappa shape index (κ2) is 9.23. The van der Waals surface area contributed by atoms with Crippen molar-refractivity contribution in [2.24, 2.45) is 0 Å². The number of hydrogen-bond acceptors (Lipinski definition) is 6. The molecule has 1 atom stereocenters. The molecule has 1 amide bonds. The maximum absolute atomic E-state index is 12.7. The number of furan rings is 1. The third-order valence-corrected chi connectivity index (χ3v) is 6.66. The van der Waals surface area contributed by atoms with Gasteiger partial charge in [0.05, 0.1) is 17.6 Å². The molecular weight excluding hydrogens is 396 g/mol. The molecule has 0 spiro atoms. The molecule has 1 aliphatic heterocycles. The lowest BCUT2D eigenvalue weighted by Crippen LogP contribution is -2.52. The number of aryl methyl sites for hydroxylation is 1. The van der Waals surface area contributed by atoms with Gasteiger partial charge in [0.2, 0.25) is 10.0 Å². The summed E-state index contributed by atoms with van der Waals surface area (Å²) in [5.41, 5.74) is 0. The van der Waals surface area contributed by atoms with Crippen LogP contribution in [0, 0.1) is 0 Å². The van der Waals surface area contributed by atoms with Crippen LogP contribution in [0.15, 0.2) is 58.0 Å². The fraction of sp³-hybridized carbons (Fsp3) is 0.400. The van der Waals surface area contributed by atoms with E-state index in [0.29, 0.717) is 12.2 Å². The Morgan fingerprint density at radius 2 is 1.76 bits per heavy atom. The van der Waals surface area contributed by atoms with Crippen LogP contribution in [0.1, 0.15) is 19.1 Å². The van der Waals surface area contributed by atoms with Gasteiger partial charge in [-0.1, -0.05) is 18.2 Å². The van der Waals surface area contributed by atoms with Crippen molar-refractivity contribution in [3.8, 4) is 0 Å². The van der Waals surface area contributed by atoms with Gasteiger partial charge in [0.1, 0.15) is 5.76 Å². The number of rotatable bonds is 7. The van der Waals surface area contributed by atoms with Gasteiger partial charge < -0.3 is 14.1 Å². The Labute approximate surface area is 170 Å². The van der Waals surface area contributed by atoms with Crippen LogP contribution >= 0.6 is 0 Å². The van der Waals surface area contributed by atoms with Crippen LogP contribution < -0.4 is 0 Å². The normalized spacial score (nSPS) is 16.4. The van der Waals surface area contributed by atoms with Crippen LogP contribution in [-0.4, -0.2) is 61.8 Å². The topological polar surface area (TPSA) is 97.1 Å². The third-order valence-electron chi connectivity index (χ3n) is 4.74. The molecular formula is C20H24N2O6S. The Morgan fingerprint density at radius 3 is 2.38 bits per heavy atom. The molecule has 1 aromatic heterocycles. The summed E-state index contributed by atoms with van der Waals surface area (Å²) in [7, 11) is -3.58. The predicted molar refractivity (Wildman–Crippen MR) is 104 cm³/mol. The van der Waals surface area contributed by atoms with E-state index in [-0.39, 0.29) is 43.4 Å². The molecule has 1 aliphatic rings. The first-order valence-corrected chi connectivity index (χ1v) is 10.9. The summed E-state index contributed by atoms with van der Waals surface area (Å²) >= 11 is 0. The van der Waals surface area contributed by atoms with Gasteiger partial charge in [0.15, 0.2) is 6.10 Å². The number of piperazine rings is 1. The van der Waals surface area contributed by atoms with Gasteiger partial charge >= 0.3 is 5.97 Å². The van der Waals surface area contributed by atoms with Gasteiger partial charge in [-0.15, -0.1) is 0 Å². The first kappa shape index (κ1) is 21.1. The summed E-state index contributed by atoms with van der Waals surface area (Å²) in [5.74, 6) is -0.127. The van der Waals surface area contributed by atoms with E-state index in [1.165, 1.54) is 22.4 Å². The molecule has 0 unspecified atom stereocenters. The number of benzene rings is 1. The van der Waals surface area contributed by atoms with Gasteiger partial charge in [0.25, 0.3) is 5.91 Å². The number of hydrogen-bond donors (Lipinski definition) is 0. The van der Waals surface area contributed by atoms with Crippen LogP contribution in [0.25, 0.3) is 0 Å². The molecule has 0 saturated carbocycles. The van der Waals surface area contributed by atoms with Crippen molar-refractivity contribution >= 4 is 21.9 Å². The lowest BCUT2D eigenvalue weighted by molar-refractivity contribution is -0.159. The number of ether oxygens (including phenoxy) is 1. The van der Waals surface area contributed by atoms with Crippen molar-refractivity contribution in [1.82, 2.24) is 9.21 Å². The summed E-state index contributed by atoms with van der Waals surface area (Å²) in [6, 6.07) is 11.7. The molecule has 156 valence electrons. The molecule has 0 N–H and O–H groups in total. The minimum atomic E-state index is -3.58. The molecule has 9 heteroatoms. The fourth-order valence-electron chi connectivity index (χ4n) is 3.13. The standard InChI is InChI=1S/C20H24N2O6S/c1-16(28-19(23)10-9-17-6-5-15-27-17)20(24)21-11-13-22(14-12-21)29(25,26)18-7-3-2-4-8-18/h2-8,15-16H,9-14H2,1H3/t16-/m1/s1. The van der Waals surface area contributed by atoms with Gasteiger partial charge in [-0.2, -0.15) is 4.31 Å². The third kappa shape index (κ3) is 5.24. The van der Waals surface area contributed by atoms with Crippen LogP contribution in [0.5, 0.6) is 0 Å². The molecule has 0 bridgehead atoms. The zero-order valence-corrected chi connectivity index (χ0v) is 17.0. The van der Waals surface area contributed by atoms with Gasteiger partial charge in [-0.3, -0.25) is 9.59 Å². The van der Waals surface area contributed by atoms with Crippen LogP contribution in [-0.2, 0) is 30.8 Å². The first-order valence-electron chi connectivity index (χ1n) is 9.44. The van der Waals surface area contributed by atoms with E-state index in [1.54, 1.807) is 42.5 Å². The highest BCUT2D eigenvalue weighted by Crippen LogP contribution is 2.18. The number of amides is 1. The summed E-state index contributed by atoms with van der Waals surface area (Å²) in [4.78, 5) is 26.3. The van der Waals surface area contributed by atoms with Crippen molar-refractivity contribution in [1.29, 1.82) is 0 Å². The van der Waals surface area contributed by atoms with Crippen molar-refractivity contribution in [3.63, 3.8) is 0 Å². The number of carbonyl (C=O) groups is 2. The van der Waals surface area contributed by atoms with Gasteiger partial charge in [0, 0.05) is 32.6 Å². The second-order valence-corrected chi connectivity index (χ2v) is 8.69. The van der Waals surface area contributed by atoms with Crippen molar-refractivity contribution < 1.29 is 27.2 Å². The monoisotopic (exact) mass is 420 g/mol. The van der Waals surface area contributed by atoms with E-state index in [2.05, 4.69) is 0 Å². The van der Waals surface area contributed by atoms with E-state index in [0.717, 1.165) is 0 Å². The lowest BCUT2D eigenvalue weighted by atomic mass is 10.2. The molecule has 0 radical (unpaired) electrons. The average molecular weight is 420 g/mol. The highest BCUT2D eigenvalue weighted by molar-refractivity contribution is 7.89. The molecule has 2 aromatic rings. The second-order valence-electron chi connectivity index (χ2n) is 6.75. The number of carbonyl (C=O) groups excluding carboxylic acids is 2. The quantitative estimate of drug-likeness (QED) is 0.632. The molecule has 1 saturated heterocycles. The zero-order chi connectivity index (χ0) is 20.9. The van der Waals surface area contributed by atoms with Crippen molar-refractivity contribution in [2.45, 2.75) is 30.8 Å². The summed E-state index contributed by atoms with van der Waals surface area (Å²) < 4.78 is 37.1. The Hall–Kier alpha value is -2.65. The fourth-order valence-corrected chi connectivity index (χ4v) is 4.58. The minimum absolute atomic E-state index is 0.119. The number of sulfonamides is 1. The highest BCUT2D eigenvalue weighted by atomic mass is 32.2. The largest absolute Gasteiger partial charge is 0.469 e. The minimum Gasteiger partial charge on any atom is -0.469 e. The molecule has 3 rings (SSSR count). The SMILES string of the molecule is C[C@@H](OC(=O)CCc1ccco1)C(=O)N1CCN(S(=O)(=O)c2ccccc2)CC1.